The fourth-order valence-electron chi connectivity index (χ4n) is 4.54. The van der Waals surface area contributed by atoms with Gasteiger partial charge in [-0.05, 0) is 37.5 Å². The van der Waals surface area contributed by atoms with Crippen molar-refractivity contribution in [1.29, 1.82) is 0 Å². The van der Waals surface area contributed by atoms with E-state index in [1.807, 2.05) is 65.6 Å². The van der Waals surface area contributed by atoms with Crippen molar-refractivity contribution in [3.05, 3.63) is 77.5 Å². The number of hydrogen-bond acceptors (Lipinski definition) is 4. The summed E-state index contributed by atoms with van der Waals surface area (Å²) in [6.07, 6.45) is 5.33. The van der Waals surface area contributed by atoms with Crippen molar-refractivity contribution >= 4 is 17.6 Å². The Hall–Kier alpha value is -3.08. The summed E-state index contributed by atoms with van der Waals surface area (Å²) in [4.78, 5) is 28.7. The molecule has 30 heavy (non-hydrogen) atoms. The zero-order chi connectivity index (χ0) is 20.9. The summed E-state index contributed by atoms with van der Waals surface area (Å²) in [7, 11) is 0. The summed E-state index contributed by atoms with van der Waals surface area (Å²) in [5.74, 6) is -0.556. The third-order valence-corrected chi connectivity index (χ3v) is 5.89. The molecular weight excluding hydrogens is 376 g/mol. The van der Waals surface area contributed by atoms with Gasteiger partial charge < -0.3 is 15.0 Å². The average molecular weight is 405 g/mol. The SMILES string of the molecule is CCOC(=O)C1=C(Nc2ccccc2)C(=O)N(C2CCCCC2)C1c1ccccc1. The molecule has 1 aliphatic heterocycles. The predicted octanol–water partition coefficient (Wildman–Crippen LogP) is 4.83. The highest BCUT2D eigenvalue weighted by atomic mass is 16.5. The van der Waals surface area contributed by atoms with E-state index in [4.69, 9.17) is 4.74 Å². The van der Waals surface area contributed by atoms with Gasteiger partial charge in [0.1, 0.15) is 5.70 Å². The van der Waals surface area contributed by atoms with Gasteiger partial charge in [-0.25, -0.2) is 4.79 Å². The first-order valence-corrected chi connectivity index (χ1v) is 10.8. The van der Waals surface area contributed by atoms with Gasteiger partial charge in [-0.2, -0.15) is 0 Å². The largest absolute Gasteiger partial charge is 0.463 e. The number of rotatable bonds is 6. The summed E-state index contributed by atoms with van der Waals surface area (Å²) in [5, 5.41) is 3.24. The molecular formula is C25H28N2O3. The van der Waals surface area contributed by atoms with E-state index in [0.717, 1.165) is 36.9 Å². The van der Waals surface area contributed by atoms with Crippen molar-refractivity contribution in [1.82, 2.24) is 4.90 Å². The van der Waals surface area contributed by atoms with E-state index in [9.17, 15) is 9.59 Å². The van der Waals surface area contributed by atoms with Crippen molar-refractivity contribution in [3.63, 3.8) is 0 Å². The molecule has 0 bridgehead atoms. The third kappa shape index (κ3) is 3.97. The minimum Gasteiger partial charge on any atom is -0.463 e. The first kappa shape index (κ1) is 20.2. The van der Waals surface area contributed by atoms with Gasteiger partial charge in [0, 0.05) is 11.7 Å². The molecule has 156 valence electrons. The van der Waals surface area contributed by atoms with E-state index < -0.39 is 12.0 Å². The summed E-state index contributed by atoms with van der Waals surface area (Å²) in [5.41, 5.74) is 2.45. The molecule has 1 amide bonds. The Balaban J connectivity index is 1.82. The minimum absolute atomic E-state index is 0.121. The van der Waals surface area contributed by atoms with Gasteiger partial charge in [0.2, 0.25) is 0 Å². The fraction of sp³-hybridized carbons (Fsp3) is 0.360. The van der Waals surface area contributed by atoms with Gasteiger partial charge >= 0.3 is 5.97 Å². The number of carbonyl (C=O) groups is 2. The molecule has 1 atom stereocenters. The second-order valence-electron chi connectivity index (χ2n) is 7.82. The topological polar surface area (TPSA) is 58.6 Å². The Morgan fingerprint density at radius 3 is 2.27 bits per heavy atom. The second kappa shape index (κ2) is 9.16. The van der Waals surface area contributed by atoms with Crippen LogP contribution in [-0.2, 0) is 14.3 Å². The van der Waals surface area contributed by atoms with Crippen LogP contribution in [0.4, 0.5) is 5.69 Å². The van der Waals surface area contributed by atoms with E-state index >= 15 is 0 Å². The van der Waals surface area contributed by atoms with E-state index in [2.05, 4.69) is 5.32 Å². The van der Waals surface area contributed by atoms with Gasteiger partial charge in [-0.3, -0.25) is 4.79 Å². The maximum atomic E-state index is 13.7. The molecule has 2 aromatic carbocycles. The van der Waals surface area contributed by atoms with Crippen molar-refractivity contribution in [2.45, 2.75) is 51.1 Å². The van der Waals surface area contributed by atoms with Crippen LogP contribution in [0, 0.1) is 0 Å². The molecule has 0 spiro atoms. The molecule has 0 radical (unpaired) electrons. The van der Waals surface area contributed by atoms with Gasteiger partial charge in [0.25, 0.3) is 5.91 Å². The Morgan fingerprint density at radius 1 is 1.00 bits per heavy atom. The maximum Gasteiger partial charge on any atom is 0.338 e. The molecule has 2 aromatic rings. The number of esters is 1. The van der Waals surface area contributed by atoms with Crippen molar-refractivity contribution in [3.8, 4) is 0 Å². The molecule has 1 N–H and O–H groups in total. The quantitative estimate of drug-likeness (QED) is 0.701. The molecule has 1 heterocycles. The fourth-order valence-corrected chi connectivity index (χ4v) is 4.54. The van der Waals surface area contributed by atoms with Crippen LogP contribution in [0.1, 0.15) is 50.6 Å². The van der Waals surface area contributed by atoms with Gasteiger partial charge in [-0.15, -0.1) is 0 Å². The first-order chi connectivity index (χ1) is 14.7. The average Bonchev–Trinajstić information content (AvgIpc) is 3.08. The number of amides is 1. The lowest BCUT2D eigenvalue weighted by Gasteiger charge is -2.36. The number of nitrogens with one attached hydrogen (secondary N) is 1. The Morgan fingerprint density at radius 2 is 1.63 bits per heavy atom. The lowest BCUT2D eigenvalue weighted by atomic mass is 9.91. The van der Waals surface area contributed by atoms with Crippen LogP contribution in [0.15, 0.2) is 71.9 Å². The molecule has 1 fully saturated rings. The number of para-hydroxylation sites is 1. The summed E-state index contributed by atoms with van der Waals surface area (Å²) in [6, 6.07) is 19.0. The third-order valence-electron chi connectivity index (χ3n) is 5.89. The van der Waals surface area contributed by atoms with Crippen molar-refractivity contribution in [2.24, 2.45) is 0 Å². The molecule has 5 heteroatoms. The molecule has 2 aliphatic rings. The first-order valence-electron chi connectivity index (χ1n) is 10.8. The maximum absolute atomic E-state index is 13.7. The molecule has 0 saturated heterocycles. The molecule has 1 saturated carbocycles. The number of carbonyl (C=O) groups excluding carboxylic acids is 2. The number of hydrogen-bond donors (Lipinski definition) is 1. The standard InChI is InChI=1S/C25H28N2O3/c1-2-30-25(29)21-22(26-19-14-8-4-9-15-19)24(28)27(20-16-10-5-11-17-20)23(21)18-12-6-3-7-13-18/h3-4,6-9,12-15,20,23,26H,2,5,10-11,16-17H2,1H3. The lowest BCUT2D eigenvalue weighted by Crippen LogP contribution is -2.41. The highest BCUT2D eigenvalue weighted by Crippen LogP contribution is 2.42. The van der Waals surface area contributed by atoms with Gasteiger partial charge in [-0.1, -0.05) is 67.8 Å². The normalized spacial score (nSPS) is 19.8. The van der Waals surface area contributed by atoms with E-state index in [1.165, 1.54) is 6.42 Å². The monoisotopic (exact) mass is 404 g/mol. The number of benzene rings is 2. The zero-order valence-corrected chi connectivity index (χ0v) is 17.3. The van der Waals surface area contributed by atoms with Crippen LogP contribution < -0.4 is 5.32 Å². The van der Waals surface area contributed by atoms with Gasteiger partial charge in [0.15, 0.2) is 0 Å². The highest BCUT2D eigenvalue weighted by molar-refractivity contribution is 6.09. The highest BCUT2D eigenvalue weighted by Gasteiger charge is 2.47. The zero-order valence-electron chi connectivity index (χ0n) is 17.3. The molecule has 0 aromatic heterocycles. The summed E-state index contributed by atoms with van der Waals surface area (Å²) < 4.78 is 5.41. The van der Waals surface area contributed by atoms with Crippen LogP contribution in [0.2, 0.25) is 0 Å². The Labute approximate surface area is 177 Å². The Bertz CT molecular complexity index is 918. The van der Waals surface area contributed by atoms with Crippen molar-refractivity contribution in [2.75, 3.05) is 11.9 Å². The molecule has 5 nitrogen and oxygen atoms in total. The summed E-state index contributed by atoms with van der Waals surface area (Å²) in [6.45, 7) is 2.05. The van der Waals surface area contributed by atoms with E-state index in [1.54, 1.807) is 6.92 Å². The minimum atomic E-state index is -0.438. The van der Waals surface area contributed by atoms with E-state index in [-0.39, 0.29) is 18.6 Å². The molecule has 1 unspecified atom stereocenters. The summed E-state index contributed by atoms with van der Waals surface area (Å²) >= 11 is 0. The van der Waals surface area contributed by atoms with Gasteiger partial charge in [0.05, 0.1) is 18.2 Å². The number of nitrogens with zero attached hydrogens (tertiary/aromatic N) is 1. The van der Waals surface area contributed by atoms with Crippen LogP contribution in [-0.4, -0.2) is 29.4 Å². The predicted molar refractivity (Wildman–Crippen MR) is 117 cm³/mol. The number of anilines is 1. The lowest BCUT2D eigenvalue weighted by molar-refractivity contribution is -0.139. The van der Waals surface area contributed by atoms with Crippen LogP contribution >= 0.6 is 0 Å². The van der Waals surface area contributed by atoms with Crippen molar-refractivity contribution < 1.29 is 14.3 Å². The van der Waals surface area contributed by atoms with Crippen LogP contribution in [0.5, 0.6) is 0 Å². The molecule has 1 aliphatic carbocycles. The Kier molecular flexibility index (Phi) is 6.17. The van der Waals surface area contributed by atoms with Crippen LogP contribution in [0.25, 0.3) is 0 Å². The second-order valence-corrected chi connectivity index (χ2v) is 7.82. The number of ether oxygens (including phenoxy) is 1. The smallest absolute Gasteiger partial charge is 0.338 e. The molecule has 4 rings (SSSR count). The van der Waals surface area contributed by atoms with E-state index in [0.29, 0.717) is 11.3 Å². The van der Waals surface area contributed by atoms with Crippen LogP contribution in [0.3, 0.4) is 0 Å².